The van der Waals surface area contributed by atoms with E-state index in [1.807, 2.05) is 48.1 Å². The summed E-state index contributed by atoms with van der Waals surface area (Å²) < 4.78 is 2.03. The van der Waals surface area contributed by atoms with Gasteiger partial charge in [0.15, 0.2) is 0 Å². The van der Waals surface area contributed by atoms with Gasteiger partial charge in [0.25, 0.3) is 0 Å². The largest absolute Gasteiger partial charge is 0.327 e. The van der Waals surface area contributed by atoms with Crippen LogP contribution in [-0.2, 0) is 7.05 Å². The number of aryl methyl sites for hydroxylation is 1. The molecule has 2 aromatic heterocycles. The molecule has 0 radical (unpaired) electrons. The number of hydrogen-bond acceptors (Lipinski definition) is 4. The molecule has 0 amide bonds. The standard InChI is InChI=1S/C13H13N5/c1-18-12-7-10(17-14)4-5-11(12)16-13(18)9-3-2-6-15-8-9/h2-8,17H,14H2,1H3. The van der Waals surface area contributed by atoms with Crippen molar-refractivity contribution < 1.29 is 0 Å². The Morgan fingerprint density at radius 1 is 1.28 bits per heavy atom. The van der Waals surface area contributed by atoms with E-state index in [-0.39, 0.29) is 0 Å². The van der Waals surface area contributed by atoms with Crippen molar-refractivity contribution in [2.45, 2.75) is 0 Å². The third-order valence-corrected chi connectivity index (χ3v) is 2.97. The molecule has 3 N–H and O–H groups in total. The number of imidazole rings is 1. The quantitative estimate of drug-likeness (QED) is 0.529. The van der Waals surface area contributed by atoms with Crippen LogP contribution in [0.15, 0.2) is 42.7 Å². The van der Waals surface area contributed by atoms with Crippen LogP contribution in [0.4, 0.5) is 5.69 Å². The van der Waals surface area contributed by atoms with E-state index in [1.165, 1.54) is 0 Å². The maximum Gasteiger partial charge on any atom is 0.142 e. The van der Waals surface area contributed by atoms with Gasteiger partial charge in [-0.05, 0) is 30.3 Å². The summed E-state index contributed by atoms with van der Waals surface area (Å²) >= 11 is 0. The summed E-state index contributed by atoms with van der Waals surface area (Å²) in [5.74, 6) is 6.31. The van der Waals surface area contributed by atoms with Gasteiger partial charge >= 0.3 is 0 Å². The number of rotatable bonds is 2. The van der Waals surface area contributed by atoms with Crippen molar-refractivity contribution in [2.24, 2.45) is 12.9 Å². The Balaban J connectivity index is 2.23. The van der Waals surface area contributed by atoms with Gasteiger partial charge in [-0.3, -0.25) is 10.8 Å². The normalized spacial score (nSPS) is 10.8. The highest BCUT2D eigenvalue weighted by molar-refractivity contribution is 5.83. The number of nitrogens with zero attached hydrogens (tertiary/aromatic N) is 3. The molecule has 3 aromatic rings. The monoisotopic (exact) mass is 239 g/mol. The van der Waals surface area contributed by atoms with Gasteiger partial charge in [0.2, 0.25) is 0 Å². The highest BCUT2D eigenvalue weighted by Gasteiger charge is 2.09. The lowest BCUT2D eigenvalue weighted by Gasteiger charge is -2.02. The summed E-state index contributed by atoms with van der Waals surface area (Å²) in [6, 6.07) is 9.73. The second-order valence-corrected chi connectivity index (χ2v) is 4.08. The van der Waals surface area contributed by atoms with E-state index in [0.717, 1.165) is 28.1 Å². The molecular weight excluding hydrogens is 226 g/mol. The third-order valence-electron chi connectivity index (χ3n) is 2.97. The minimum Gasteiger partial charge on any atom is -0.327 e. The first-order chi connectivity index (χ1) is 8.79. The van der Waals surface area contributed by atoms with Crippen LogP contribution in [-0.4, -0.2) is 14.5 Å². The first-order valence-electron chi connectivity index (χ1n) is 5.63. The predicted molar refractivity (Wildman–Crippen MR) is 71.8 cm³/mol. The number of anilines is 1. The molecule has 90 valence electrons. The van der Waals surface area contributed by atoms with Crippen LogP contribution >= 0.6 is 0 Å². The van der Waals surface area contributed by atoms with Crippen LogP contribution < -0.4 is 11.3 Å². The fourth-order valence-corrected chi connectivity index (χ4v) is 2.03. The van der Waals surface area contributed by atoms with Gasteiger partial charge in [-0.25, -0.2) is 4.98 Å². The van der Waals surface area contributed by atoms with Crippen LogP contribution in [0.5, 0.6) is 0 Å². The Kier molecular flexibility index (Phi) is 2.46. The zero-order valence-corrected chi connectivity index (χ0v) is 9.96. The summed E-state index contributed by atoms with van der Waals surface area (Å²) in [4.78, 5) is 8.73. The van der Waals surface area contributed by atoms with Crippen molar-refractivity contribution in [2.75, 3.05) is 5.43 Å². The first kappa shape index (κ1) is 10.7. The molecule has 0 spiro atoms. The molecule has 0 aliphatic rings. The Bertz CT molecular complexity index is 687. The molecule has 0 saturated carbocycles. The van der Waals surface area contributed by atoms with Gasteiger partial charge in [-0.1, -0.05) is 0 Å². The average Bonchev–Trinajstić information content (AvgIpc) is 2.77. The molecule has 0 aliphatic carbocycles. The van der Waals surface area contributed by atoms with Gasteiger partial charge in [-0.15, -0.1) is 0 Å². The lowest BCUT2D eigenvalue weighted by Crippen LogP contribution is -2.06. The minimum atomic E-state index is 0.864. The average molecular weight is 239 g/mol. The van der Waals surface area contributed by atoms with E-state index >= 15 is 0 Å². The maximum absolute atomic E-state index is 5.42. The van der Waals surface area contributed by atoms with Gasteiger partial charge in [0, 0.05) is 25.0 Å². The predicted octanol–water partition coefficient (Wildman–Crippen LogP) is 1.92. The zero-order valence-electron chi connectivity index (χ0n) is 9.96. The van der Waals surface area contributed by atoms with Crippen LogP contribution in [0.1, 0.15) is 0 Å². The van der Waals surface area contributed by atoms with Crippen LogP contribution in [0.2, 0.25) is 0 Å². The van der Waals surface area contributed by atoms with Crippen molar-refractivity contribution in [3.8, 4) is 11.4 Å². The maximum atomic E-state index is 5.42. The molecule has 0 atom stereocenters. The number of aromatic nitrogens is 3. The van der Waals surface area contributed by atoms with Crippen molar-refractivity contribution >= 4 is 16.7 Å². The van der Waals surface area contributed by atoms with Gasteiger partial charge < -0.3 is 9.99 Å². The molecule has 18 heavy (non-hydrogen) atoms. The third kappa shape index (κ3) is 1.61. The second kappa shape index (κ2) is 4.12. The molecular formula is C13H13N5. The zero-order chi connectivity index (χ0) is 12.5. The molecule has 0 fully saturated rings. The van der Waals surface area contributed by atoms with E-state index in [9.17, 15) is 0 Å². The Morgan fingerprint density at radius 2 is 2.17 bits per heavy atom. The topological polar surface area (TPSA) is 68.8 Å². The Labute approximate surface area is 104 Å². The molecule has 3 rings (SSSR count). The highest BCUT2D eigenvalue weighted by Crippen LogP contribution is 2.24. The van der Waals surface area contributed by atoms with Crippen LogP contribution in [0.25, 0.3) is 22.4 Å². The Morgan fingerprint density at radius 3 is 2.89 bits per heavy atom. The molecule has 0 aliphatic heterocycles. The van der Waals surface area contributed by atoms with Crippen LogP contribution in [0, 0.1) is 0 Å². The lowest BCUT2D eigenvalue weighted by atomic mass is 10.3. The molecule has 2 heterocycles. The number of nitrogen functional groups attached to an aromatic ring is 1. The molecule has 1 aromatic carbocycles. The number of nitrogens with one attached hydrogen (secondary N) is 1. The molecule has 5 nitrogen and oxygen atoms in total. The number of pyridine rings is 1. The summed E-state index contributed by atoms with van der Waals surface area (Å²) in [6.07, 6.45) is 3.56. The van der Waals surface area contributed by atoms with E-state index < -0.39 is 0 Å². The van der Waals surface area contributed by atoms with Crippen molar-refractivity contribution in [3.63, 3.8) is 0 Å². The smallest absolute Gasteiger partial charge is 0.142 e. The summed E-state index contributed by atoms with van der Waals surface area (Å²) in [5.41, 5.74) is 6.48. The van der Waals surface area contributed by atoms with E-state index in [0.29, 0.717) is 0 Å². The molecule has 0 bridgehead atoms. The SMILES string of the molecule is Cn1c(-c2cccnc2)nc2ccc(NN)cc21. The minimum absolute atomic E-state index is 0.864. The number of fused-ring (bicyclic) bond motifs is 1. The summed E-state index contributed by atoms with van der Waals surface area (Å²) in [6.45, 7) is 0. The lowest BCUT2D eigenvalue weighted by molar-refractivity contribution is 0.957. The number of benzene rings is 1. The van der Waals surface area contributed by atoms with Crippen molar-refractivity contribution in [1.29, 1.82) is 0 Å². The van der Waals surface area contributed by atoms with E-state index in [2.05, 4.69) is 15.4 Å². The van der Waals surface area contributed by atoms with Gasteiger partial charge in [-0.2, -0.15) is 0 Å². The Hall–Kier alpha value is -2.40. The summed E-state index contributed by atoms with van der Waals surface area (Å²) in [5, 5.41) is 0. The highest BCUT2D eigenvalue weighted by atomic mass is 15.2. The van der Waals surface area contributed by atoms with E-state index in [1.54, 1.807) is 6.20 Å². The van der Waals surface area contributed by atoms with Crippen molar-refractivity contribution in [1.82, 2.24) is 14.5 Å². The number of hydrazine groups is 1. The van der Waals surface area contributed by atoms with Gasteiger partial charge in [0.05, 0.1) is 16.7 Å². The van der Waals surface area contributed by atoms with E-state index in [4.69, 9.17) is 5.84 Å². The summed E-state index contributed by atoms with van der Waals surface area (Å²) in [7, 11) is 1.98. The van der Waals surface area contributed by atoms with Crippen molar-refractivity contribution in [3.05, 3.63) is 42.7 Å². The van der Waals surface area contributed by atoms with Gasteiger partial charge in [0.1, 0.15) is 5.82 Å². The first-order valence-corrected chi connectivity index (χ1v) is 5.63. The number of hydrogen-bond donors (Lipinski definition) is 2. The molecule has 0 saturated heterocycles. The molecule has 5 heteroatoms. The fraction of sp³-hybridized carbons (Fsp3) is 0.0769. The molecule has 0 unspecified atom stereocenters. The second-order valence-electron chi connectivity index (χ2n) is 4.08. The van der Waals surface area contributed by atoms with Crippen LogP contribution in [0.3, 0.4) is 0 Å². The number of nitrogens with two attached hydrogens (primary N) is 1. The fourth-order valence-electron chi connectivity index (χ4n) is 2.03.